The molecule has 0 atom stereocenters. The molecule has 1 aliphatic heterocycles. The van der Waals surface area contributed by atoms with Crippen molar-refractivity contribution in [3.8, 4) is 0 Å². The number of methoxy groups -OCH3 is 2. The topological polar surface area (TPSA) is 58.8 Å². The van der Waals surface area contributed by atoms with Gasteiger partial charge in [-0.25, -0.2) is 4.79 Å². The van der Waals surface area contributed by atoms with Crippen molar-refractivity contribution < 1.29 is 24.0 Å². The number of nitrogens with zero attached hydrogens (tertiary/aromatic N) is 1. The zero-order chi connectivity index (χ0) is 19.4. The third-order valence-corrected chi connectivity index (χ3v) is 4.23. The summed E-state index contributed by atoms with van der Waals surface area (Å²) < 4.78 is 11.7. The van der Waals surface area contributed by atoms with Crippen LogP contribution in [0.3, 0.4) is 0 Å². The average molecular weight is 362 g/mol. The Morgan fingerprint density at radius 2 is 1.59 bits per heavy atom. The molecule has 0 aromatic heterocycles. The Balaban J connectivity index is 2.36. The van der Waals surface area contributed by atoms with E-state index in [0.717, 1.165) is 11.1 Å². The van der Waals surface area contributed by atoms with Crippen molar-refractivity contribution in [1.29, 1.82) is 0 Å². The van der Waals surface area contributed by atoms with E-state index in [1.54, 1.807) is 4.58 Å². The van der Waals surface area contributed by atoms with E-state index in [0.29, 0.717) is 11.4 Å². The smallest absolute Gasteiger partial charge is 0.345 e. The van der Waals surface area contributed by atoms with Crippen LogP contribution in [0.15, 0.2) is 90.0 Å². The monoisotopic (exact) mass is 362 g/mol. The number of allylic oxidation sites excluding steroid dienone is 1. The molecule has 0 amide bonds. The molecule has 1 heterocycles. The molecule has 1 N–H and O–H groups in total. The van der Waals surface area contributed by atoms with Gasteiger partial charge in [-0.15, -0.1) is 0 Å². The van der Waals surface area contributed by atoms with Gasteiger partial charge in [0.2, 0.25) is 11.4 Å². The predicted octanol–water partition coefficient (Wildman–Crippen LogP) is 3.65. The van der Waals surface area contributed by atoms with Crippen LogP contribution in [-0.4, -0.2) is 36.1 Å². The summed E-state index contributed by atoms with van der Waals surface area (Å²) in [7, 11) is 2.63. The number of carbonyl (C=O) groups is 1. The molecule has 5 heteroatoms. The Kier molecular flexibility index (Phi) is 5.22. The van der Waals surface area contributed by atoms with Gasteiger partial charge in [-0.3, -0.25) is 0 Å². The SMILES string of the molecule is C=C1/C(=C(\O)OC)C(C(=O)OC)=C(c2ccccc2)[N+]1=Cc1ccccc1. The van der Waals surface area contributed by atoms with E-state index >= 15 is 0 Å². The maximum Gasteiger partial charge on any atom is 0.345 e. The highest BCUT2D eigenvalue weighted by molar-refractivity contribution is 6.04. The van der Waals surface area contributed by atoms with Crippen LogP contribution in [0.25, 0.3) is 5.70 Å². The fourth-order valence-corrected chi connectivity index (χ4v) is 2.98. The van der Waals surface area contributed by atoms with Crippen LogP contribution in [0.5, 0.6) is 0 Å². The number of hydrogen-bond acceptors (Lipinski definition) is 4. The highest BCUT2D eigenvalue weighted by Crippen LogP contribution is 2.40. The summed E-state index contributed by atoms with van der Waals surface area (Å²) >= 11 is 0. The largest absolute Gasteiger partial charge is 0.480 e. The van der Waals surface area contributed by atoms with Crippen LogP contribution in [0.1, 0.15) is 11.1 Å². The highest BCUT2D eigenvalue weighted by atomic mass is 16.6. The number of hydrogen-bond donors (Lipinski definition) is 1. The number of carbonyl (C=O) groups excluding carboxylic acids is 1. The van der Waals surface area contributed by atoms with Crippen molar-refractivity contribution in [2.45, 2.75) is 0 Å². The molecule has 0 aliphatic carbocycles. The highest BCUT2D eigenvalue weighted by Gasteiger charge is 2.44. The third-order valence-electron chi connectivity index (χ3n) is 4.23. The fourth-order valence-electron chi connectivity index (χ4n) is 2.98. The van der Waals surface area contributed by atoms with Crippen LogP contribution < -0.4 is 0 Å². The Morgan fingerprint density at radius 1 is 1.00 bits per heavy atom. The summed E-state index contributed by atoms with van der Waals surface area (Å²) in [6.07, 6.45) is 1.85. The minimum absolute atomic E-state index is 0.195. The molecular weight excluding hydrogens is 342 g/mol. The minimum Gasteiger partial charge on any atom is -0.480 e. The summed E-state index contributed by atoms with van der Waals surface area (Å²) in [4.78, 5) is 12.6. The van der Waals surface area contributed by atoms with Crippen LogP contribution >= 0.6 is 0 Å². The fraction of sp³-hybridized carbons (Fsp3) is 0.0909. The molecule has 0 fully saturated rings. The summed E-state index contributed by atoms with van der Waals surface area (Å²) in [6, 6.07) is 19.0. The van der Waals surface area contributed by atoms with Gasteiger partial charge in [-0.05, 0) is 30.8 Å². The second kappa shape index (κ2) is 7.74. The summed E-state index contributed by atoms with van der Waals surface area (Å²) in [5.41, 5.74) is 3.07. The molecule has 27 heavy (non-hydrogen) atoms. The van der Waals surface area contributed by atoms with Crippen molar-refractivity contribution in [2.75, 3.05) is 14.2 Å². The first-order valence-electron chi connectivity index (χ1n) is 8.32. The van der Waals surface area contributed by atoms with Crippen LogP contribution in [-0.2, 0) is 14.3 Å². The molecule has 5 nitrogen and oxygen atoms in total. The van der Waals surface area contributed by atoms with Crippen LogP contribution in [0.2, 0.25) is 0 Å². The number of aliphatic hydroxyl groups excluding tert-OH is 1. The maximum absolute atomic E-state index is 12.6. The quantitative estimate of drug-likeness (QED) is 0.512. The molecule has 2 aromatic carbocycles. The summed E-state index contributed by atoms with van der Waals surface area (Å²) in [5, 5.41) is 10.3. The van der Waals surface area contributed by atoms with Gasteiger partial charge in [0.15, 0.2) is 11.8 Å². The van der Waals surface area contributed by atoms with Crippen molar-refractivity contribution in [3.63, 3.8) is 0 Å². The van der Waals surface area contributed by atoms with Gasteiger partial charge in [-0.1, -0.05) is 36.4 Å². The van der Waals surface area contributed by atoms with E-state index in [2.05, 4.69) is 6.58 Å². The predicted molar refractivity (Wildman–Crippen MR) is 103 cm³/mol. The van der Waals surface area contributed by atoms with Gasteiger partial charge in [0.05, 0.1) is 14.2 Å². The average Bonchev–Trinajstić information content (AvgIpc) is 3.00. The second-order valence-electron chi connectivity index (χ2n) is 5.82. The van der Waals surface area contributed by atoms with Gasteiger partial charge in [-0.2, -0.15) is 4.58 Å². The van der Waals surface area contributed by atoms with Crippen molar-refractivity contribution in [2.24, 2.45) is 0 Å². The molecule has 0 spiro atoms. The lowest BCUT2D eigenvalue weighted by atomic mass is 10.0. The van der Waals surface area contributed by atoms with Gasteiger partial charge in [0.1, 0.15) is 5.57 Å². The molecule has 0 unspecified atom stereocenters. The number of rotatable bonds is 4. The molecule has 0 saturated heterocycles. The lowest BCUT2D eigenvalue weighted by Crippen LogP contribution is -2.09. The second-order valence-corrected chi connectivity index (χ2v) is 5.82. The molecule has 3 rings (SSSR count). The van der Waals surface area contributed by atoms with E-state index in [1.807, 2.05) is 66.9 Å². The summed E-state index contributed by atoms with van der Waals surface area (Å²) in [6.45, 7) is 4.07. The standard InChI is InChI=1S/C22H19NO4/c1-15-18(21(24)26-2)19(22(25)27-3)20(17-12-8-5-9-13-17)23(15)14-16-10-6-4-7-11-16/h4-14H,1H2,2-3H3/p+1/b21-18-,23-14?. The zero-order valence-corrected chi connectivity index (χ0v) is 15.2. The van der Waals surface area contributed by atoms with Crippen molar-refractivity contribution in [3.05, 3.63) is 101 Å². The first-order chi connectivity index (χ1) is 13.1. The van der Waals surface area contributed by atoms with Crippen LogP contribution in [0.4, 0.5) is 0 Å². The van der Waals surface area contributed by atoms with Gasteiger partial charge in [0.25, 0.3) is 5.95 Å². The first kappa shape index (κ1) is 18.2. The Labute approximate surface area is 157 Å². The number of esters is 1. The lowest BCUT2D eigenvalue weighted by molar-refractivity contribution is -0.357. The number of benzene rings is 2. The normalized spacial score (nSPS) is 17.3. The first-order valence-corrected chi connectivity index (χ1v) is 8.32. The third kappa shape index (κ3) is 3.40. The molecule has 1 aliphatic rings. The zero-order valence-electron chi connectivity index (χ0n) is 15.2. The molecule has 0 saturated carbocycles. The number of ether oxygens (including phenoxy) is 2. The van der Waals surface area contributed by atoms with E-state index in [1.165, 1.54) is 14.2 Å². The molecule has 0 bridgehead atoms. The summed E-state index contributed by atoms with van der Waals surface area (Å²) in [5.74, 6) is -0.977. The van der Waals surface area contributed by atoms with Gasteiger partial charge in [0, 0.05) is 11.1 Å². The number of aliphatic hydroxyl groups is 1. The lowest BCUT2D eigenvalue weighted by Gasteiger charge is -2.03. The molecule has 2 aromatic rings. The minimum atomic E-state index is -0.586. The molecular formula is C22H20NO4+. The Bertz CT molecular complexity index is 970. The van der Waals surface area contributed by atoms with E-state index in [-0.39, 0.29) is 11.1 Å². The van der Waals surface area contributed by atoms with E-state index < -0.39 is 11.9 Å². The Hall–Kier alpha value is -3.60. The maximum atomic E-state index is 12.6. The Morgan fingerprint density at radius 3 is 2.15 bits per heavy atom. The molecule has 0 radical (unpaired) electrons. The van der Waals surface area contributed by atoms with Gasteiger partial charge < -0.3 is 14.6 Å². The van der Waals surface area contributed by atoms with Gasteiger partial charge >= 0.3 is 5.97 Å². The van der Waals surface area contributed by atoms with Crippen molar-refractivity contribution in [1.82, 2.24) is 0 Å². The molecule has 136 valence electrons. The van der Waals surface area contributed by atoms with E-state index in [9.17, 15) is 9.90 Å². The van der Waals surface area contributed by atoms with Crippen LogP contribution in [0, 0.1) is 0 Å². The van der Waals surface area contributed by atoms with E-state index in [4.69, 9.17) is 9.47 Å². The van der Waals surface area contributed by atoms with Crippen molar-refractivity contribution >= 4 is 17.9 Å².